The van der Waals surface area contributed by atoms with Crippen LogP contribution in [-0.2, 0) is 31.6 Å². The number of nitrogens with one attached hydrogen (secondary N) is 1. The van der Waals surface area contributed by atoms with E-state index in [-0.39, 0.29) is 18.3 Å². The number of ether oxygens (including phenoxy) is 1. The quantitative estimate of drug-likeness (QED) is 0.238. The highest BCUT2D eigenvalue weighted by atomic mass is 31.3. The topological polar surface area (TPSA) is 251 Å². The van der Waals surface area contributed by atoms with Gasteiger partial charge in [-0.15, -0.1) is 0 Å². The molecule has 0 aliphatic carbocycles. The van der Waals surface area contributed by atoms with E-state index >= 15 is 0 Å². The minimum atomic E-state index is -5.59. The summed E-state index contributed by atoms with van der Waals surface area (Å²) in [5, 5.41) is 3.01. The molecule has 31 heavy (non-hydrogen) atoms. The Morgan fingerprint density at radius 2 is 1.90 bits per heavy atom. The summed E-state index contributed by atoms with van der Waals surface area (Å²) in [6.07, 6.45) is 1.52. The fraction of sp³-hybridized carbons (Fsp3) is 0.545. The van der Waals surface area contributed by atoms with Crippen molar-refractivity contribution in [3.05, 3.63) is 12.7 Å². The molecule has 0 spiro atoms. The summed E-state index contributed by atoms with van der Waals surface area (Å²) < 4.78 is 53.3. The third kappa shape index (κ3) is 6.14. The maximum absolute atomic E-state index is 11.9. The fourth-order valence-electron chi connectivity index (χ4n) is 2.91. The van der Waals surface area contributed by atoms with Crippen molar-refractivity contribution in [3.63, 3.8) is 0 Å². The first-order chi connectivity index (χ1) is 14.3. The monoisotopic (exact) mass is 504 g/mol. The van der Waals surface area contributed by atoms with Gasteiger partial charge in [-0.05, 0) is 13.5 Å². The lowest BCUT2D eigenvalue weighted by Crippen LogP contribution is -2.31. The molecule has 5 atom stereocenters. The lowest BCUT2D eigenvalue weighted by molar-refractivity contribution is -0.0256. The van der Waals surface area contributed by atoms with Crippen molar-refractivity contribution in [2.75, 3.05) is 19.4 Å². The summed E-state index contributed by atoms with van der Waals surface area (Å²) in [5.41, 5.74) is 6.52. The predicted molar refractivity (Wildman–Crippen MR) is 101 cm³/mol. The van der Waals surface area contributed by atoms with Crippen LogP contribution in [0.25, 0.3) is 11.2 Å². The van der Waals surface area contributed by atoms with Gasteiger partial charge in [0, 0.05) is 0 Å². The second-order valence-corrected chi connectivity index (χ2v) is 10.7. The number of imidazole rings is 1. The lowest BCUT2D eigenvalue weighted by Gasteiger charge is -2.20. The van der Waals surface area contributed by atoms with Gasteiger partial charge < -0.3 is 35.4 Å². The number of fused-ring (bicyclic) bond motifs is 1. The van der Waals surface area contributed by atoms with Crippen LogP contribution in [0.4, 0.5) is 5.82 Å². The van der Waals surface area contributed by atoms with Crippen molar-refractivity contribution < 1.29 is 51.2 Å². The summed E-state index contributed by atoms with van der Waals surface area (Å²) in [6.45, 7) is -0.567. The van der Waals surface area contributed by atoms with E-state index in [4.69, 9.17) is 20.3 Å². The number of nitrogen functional groups attached to an aromatic ring is 1. The number of nitrogens with zero attached hydrogens (tertiary/aromatic N) is 4. The molecule has 20 heteroatoms. The molecule has 1 saturated heterocycles. The van der Waals surface area contributed by atoms with Crippen molar-refractivity contribution in [1.82, 2.24) is 24.8 Å². The SMILES string of the molecule is CNC1CC(COP(=O)(O)OP(=O)(O)OP(=O)(O)O)OC1n1cnc2c(N)ncnc21. The molecule has 0 aromatic carbocycles. The molecular formula is C11H19N6O11P3. The Morgan fingerprint density at radius 1 is 1.19 bits per heavy atom. The number of anilines is 1. The predicted octanol–water partition coefficient (Wildman–Crippen LogP) is -0.373. The van der Waals surface area contributed by atoms with E-state index in [1.165, 1.54) is 12.7 Å². The van der Waals surface area contributed by atoms with E-state index in [0.717, 1.165) is 0 Å². The van der Waals surface area contributed by atoms with Gasteiger partial charge in [-0.1, -0.05) is 0 Å². The maximum Gasteiger partial charge on any atom is 0.490 e. The number of hydrogen-bond donors (Lipinski definition) is 6. The second kappa shape index (κ2) is 8.90. The first kappa shape index (κ1) is 24.3. The zero-order valence-electron chi connectivity index (χ0n) is 15.7. The minimum absolute atomic E-state index is 0.173. The second-order valence-electron chi connectivity index (χ2n) is 6.25. The van der Waals surface area contributed by atoms with Crippen molar-refractivity contribution in [1.29, 1.82) is 0 Å². The summed E-state index contributed by atoms with van der Waals surface area (Å²) in [4.78, 5) is 47.9. The van der Waals surface area contributed by atoms with Gasteiger partial charge in [-0.2, -0.15) is 8.62 Å². The summed E-state index contributed by atoms with van der Waals surface area (Å²) in [6, 6.07) is -0.317. The average molecular weight is 504 g/mol. The van der Waals surface area contributed by atoms with Crippen molar-refractivity contribution >= 4 is 40.4 Å². The molecule has 3 rings (SSSR count). The van der Waals surface area contributed by atoms with Crippen LogP contribution < -0.4 is 11.1 Å². The number of rotatable bonds is 9. The summed E-state index contributed by atoms with van der Waals surface area (Å²) in [5.74, 6) is 0.173. The van der Waals surface area contributed by atoms with Crippen LogP contribution in [0.2, 0.25) is 0 Å². The van der Waals surface area contributed by atoms with Crippen LogP contribution in [0, 0.1) is 0 Å². The highest BCUT2D eigenvalue weighted by molar-refractivity contribution is 7.66. The number of hydrogen-bond acceptors (Lipinski definition) is 12. The highest BCUT2D eigenvalue weighted by Gasteiger charge is 2.42. The zero-order chi connectivity index (χ0) is 23.0. The standard InChI is InChI=1S/C11H19N6O11P3/c1-13-7-2-6(3-25-30(21,22)28-31(23,24)27-29(18,19)20)26-11(7)17-5-16-8-9(12)14-4-15-10(8)17/h4-7,11,13H,2-3H2,1H3,(H,21,22)(H,23,24)(H2,12,14,15)(H2,18,19,20). The van der Waals surface area contributed by atoms with Gasteiger partial charge in [0.05, 0.1) is 25.1 Å². The van der Waals surface area contributed by atoms with Gasteiger partial charge in [0.15, 0.2) is 17.7 Å². The molecule has 174 valence electrons. The van der Waals surface area contributed by atoms with Crippen LogP contribution in [0.3, 0.4) is 0 Å². The molecule has 0 amide bonds. The Balaban J connectivity index is 1.67. The molecule has 3 heterocycles. The number of aromatic nitrogens is 4. The maximum atomic E-state index is 11.9. The van der Waals surface area contributed by atoms with E-state index in [2.05, 4.69) is 33.4 Å². The van der Waals surface area contributed by atoms with Gasteiger partial charge >= 0.3 is 23.5 Å². The molecule has 7 N–H and O–H groups in total. The van der Waals surface area contributed by atoms with E-state index in [0.29, 0.717) is 11.2 Å². The van der Waals surface area contributed by atoms with Crippen LogP contribution in [0.5, 0.6) is 0 Å². The van der Waals surface area contributed by atoms with Crippen molar-refractivity contribution in [2.24, 2.45) is 0 Å². The van der Waals surface area contributed by atoms with E-state index in [1.807, 2.05) is 0 Å². The van der Waals surface area contributed by atoms with Gasteiger partial charge in [-0.25, -0.2) is 28.6 Å². The Morgan fingerprint density at radius 3 is 2.55 bits per heavy atom. The van der Waals surface area contributed by atoms with E-state index in [1.54, 1.807) is 11.6 Å². The van der Waals surface area contributed by atoms with E-state index in [9.17, 15) is 23.5 Å². The Labute approximate surface area is 174 Å². The van der Waals surface area contributed by atoms with Gasteiger partial charge in [0.1, 0.15) is 11.8 Å². The average Bonchev–Trinajstić information content (AvgIpc) is 3.21. The Hall–Kier alpha value is -1.32. The normalized spacial score (nSPS) is 26.0. The minimum Gasteiger partial charge on any atom is -0.382 e. The van der Waals surface area contributed by atoms with Crippen LogP contribution in [0.1, 0.15) is 12.6 Å². The fourth-order valence-corrected chi connectivity index (χ4v) is 5.96. The summed E-state index contributed by atoms with van der Waals surface area (Å²) in [7, 11) is -14.6. The van der Waals surface area contributed by atoms with Crippen LogP contribution in [0.15, 0.2) is 12.7 Å². The van der Waals surface area contributed by atoms with Gasteiger partial charge in [-0.3, -0.25) is 9.09 Å². The first-order valence-electron chi connectivity index (χ1n) is 8.34. The molecule has 1 fully saturated rings. The molecular weight excluding hydrogens is 485 g/mol. The van der Waals surface area contributed by atoms with Gasteiger partial charge in [0.2, 0.25) is 0 Å². The number of likely N-dealkylation sites (N-methyl/N-ethyl adjacent to an activating group) is 1. The molecule has 2 aromatic heterocycles. The molecule has 2 aromatic rings. The number of nitrogens with two attached hydrogens (primary N) is 1. The zero-order valence-corrected chi connectivity index (χ0v) is 18.3. The third-order valence-electron chi connectivity index (χ3n) is 4.06. The molecule has 1 aliphatic rings. The highest BCUT2D eigenvalue weighted by Crippen LogP contribution is 2.66. The van der Waals surface area contributed by atoms with E-state index < -0.39 is 42.4 Å². The Bertz CT molecular complexity index is 1090. The first-order valence-corrected chi connectivity index (χ1v) is 12.9. The van der Waals surface area contributed by atoms with Crippen LogP contribution in [-0.4, -0.2) is 64.9 Å². The van der Waals surface area contributed by atoms with Gasteiger partial charge in [0.25, 0.3) is 0 Å². The molecule has 5 unspecified atom stereocenters. The molecule has 1 aliphatic heterocycles. The largest absolute Gasteiger partial charge is 0.490 e. The Kier molecular flexibility index (Phi) is 6.99. The van der Waals surface area contributed by atoms with Crippen LogP contribution >= 0.6 is 23.5 Å². The molecule has 0 saturated carbocycles. The molecule has 0 radical (unpaired) electrons. The third-order valence-corrected chi connectivity index (χ3v) is 7.87. The van der Waals surface area contributed by atoms with Crippen molar-refractivity contribution in [3.8, 4) is 0 Å². The number of phosphoric ester groups is 1. The summed E-state index contributed by atoms with van der Waals surface area (Å²) >= 11 is 0. The lowest BCUT2D eigenvalue weighted by atomic mass is 10.1. The smallest absolute Gasteiger partial charge is 0.382 e. The molecule has 0 bridgehead atoms. The number of phosphoric acid groups is 3. The van der Waals surface area contributed by atoms with Crippen molar-refractivity contribution in [2.45, 2.75) is 24.8 Å². The molecule has 17 nitrogen and oxygen atoms in total.